The summed E-state index contributed by atoms with van der Waals surface area (Å²) in [5.74, 6) is 1.03. The van der Waals surface area contributed by atoms with Gasteiger partial charge in [0, 0.05) is 44.4 Å². The zero-order valence-electron chi connectivity index (χ0n) is 10.9. The van der Waals surface area contributed by atoms with Gasteiger partial charge in [0.15, 0.2) is 0 Å². The Morgan fingerprint density at radius 2 is 2.29 bits per heavy atom. The van der Waals surface area contributed by atoms with Crippen LogP contribution in [0.1, 0.15) is 32.5 Å². The molecule has 0 saturated carbocycles. The Hall–Kier alpha value is -1.36. The van der Waals surface area contributed by atoms with Gasteiger partial charge in [0.1, 0.15) is 5.82 Å². The molecule has 0 aliphatic rings. The zero-order chi connectivity index (χ0) is 12.9. The number of aromatic nitrogens is 2. The molecule has 1 heterocycles. The molecule has 0 spiro atoms. The van der Waals surface area contributed by atoms with E-state index in [1.807, 2.05) is 31.7 Å². The van der Waals surface area contributed by atoms with Crippen LogP contribution in [0.2, 0.25) is 0 Å². The molecule has 1 amide bonds. The fraction of sp³-hybridized carbons (Fsp3) is 0.667. The quantitative estimate of drug-likeness (QED) is 0.762. The van der Waals surface area contributed by atoms with Crippen molar-refractivity contribution < 1.29 is 4.79 Å². The Morgan fingerprint density at radius 1 is 1.59 bits per heavy atom. The maximum atomic E-state index is 11.5. The molecule has 0 aliphatic carbocycles. The lowest BCUT2D eigenvalue weighted by molar-refractivity contribution is -0.121. The molecule has 0 atom stereocenters. The fourth-order valence-corrected chi connectivity index (χ4v) is 1.48. The summed E-state index contributed by atoms with van der Waals surface area (Å²) in [7, 11) is 1.95. The number of carbonyl (C=O) groups excluding carboxylic acids is 1. The lowest BCUT2D eigenvalue weighted by Gasteiger charge is -2.17. The second-order valence-corrected chi connectivity index (χ2v) is 5.04. The van der Waals surface area contributed by atoms with Gasteiger partial charge in [-0.1, -0.05) is 0 Å². The molecule has 5 nitrogen and oxygen atoms in total. The van der Waals surface area contributed by atoms with E-state index in [1.165, 1.54) is 0 Å². The number of hydrogen-bond donors (Lipinski definition) is 2. The van der Waals surface area contributed by atoms with Crippen molar-refractivity contribution in [3.05, 3.63) is 18.2 Å². The monoisotopic (exact) mass is 238 g/mol. The van der Waals surface area contributed by atoms with Crippen molar-refractivity contribution in [2.24, 2.45) is 12.8 Å². The van der Waals surface area contributed by atoms with Gasteiger partial charge in [0.05, 0.1) is 0 Å². The molecule has 17 heavy (non-hydrogen) atoms. The molecular weight excluding hydrogens is 216 g/mol. The predicted octanol–water partition coefficient (Wildman–Crippen LogP) is 0.596. The molecule has 3 N–H and O–H groups in total. The Balaban J connectivity index is 2.19. The van der Waals surface area contributed by atoms with Crippen LogP contribution in [0.3, 0.4) is 0 Å². The third-order valence-electron chi connectivity index (χ3n) is 2.59. The topological polar surface area (TPSA) is 72.9 Å². The lowest BCUT2D eigenvalue weighted by atomic mass is 10.00. The molecule has 0 unspecified atom stereocenters. The minimum Gasteiger partial charge on any atom is -0.356 e. The number of carbonyl (C=O) groups is 1. The van der Waals surface area contributed by atoms with Crippen LogP contribution in [-0.4, -0.2) is 27.5 Å². The van der Waals surface area contributed by atoms with Crippen molar-refractivity contribution in [1.82, 2.24) is 14.9 Å². The van der Waals surface area contributed by atoms with Crippen LogP contribution in [0.15, 0.2) is 12.4 Å². The maximum absolute atomic E-state index is 11.5. The summed E-state index contributed by atoms with van der Waals surface area (Å²) >= 11 is 0. The molecule has 0 aliphatic heterocycles. The highest BCUT2D eigenvalue weighted by atomic mass is 16.1. The standard InChI is InChI=1S/C12H22N4O/c1-12(2,13)6-4-11(17)15-7-5-10-14-8-9-16(10)3/h8-9H,4-7,13H2,1-3H3,(H,15,17). The van der Waals surface area contributed by atoms with Crippen LogP contribution >= 0.6 is 0 Å². The van der Waals surface area contributed by atoms with Crippen molar-refractivity contribution in [2.75, 3.05) is 6.54 Å². The largest absolute Gasteiger partial charge is 0.356 e. The van der Waals surface area contributed by atoms with Gasteiger partial charge in [-0.05, 0) is 20.3 Å². The van der Waals surface area contributed by atoms with Crippen molar-refractivity contribution in [3.8, 4) is 0 Å². The number of amides is 1. The van der Waals surface area contributed by atoms with Crippen molar-refractivity contribution in [3.63, 3.8) is 0 Å². The van der Waals surface area contributed by atoms with Gasteiger partial charge in [-0.15, -0.1) is 0 Å². The third kappa shape index (κ3) is 5.49. The summed E-state index contributed by atoms with van der Waals surface area (Å²) in [6.07, 6.45) is 5.58. The molecule has 1 rings (SSSR count). The van der Waals surface area contributed by atoms with Crippen molar-refractivity contribution in [1.29, 1.82) is 0 Å². The molecule has 0 aromatic carbocycles. The van der Waals surface area contributed by atoms with E-state index in [-0.39, 0.29) is 11.4 Å². The van der Waals surface area contributed by atoms with Gasteiger partial charge in [-0.3, -0.25) is 4.79 Å². The first kappa shape index (κ1) is 13.7. The van der Waals surface area contributed by atoms with E-state index in [0.717, 1.165) is 12.2 Å². The lowest BCUT2D eigenvalue weighted by Crippen LogP contribution is -2.34. The highest BCUT2D eigenvalue weighted by molar-refractivity contribution is 5.75. The summed E-state index contributed by atoms with van der Waals surface area (Å²) in [5.41, 5.74) is 5.54. The summed E-state index contributed by atoms with van der Waals surface area (Å²) in [4.78, 5) is 15.7. The minimum atomic E-state index is -0.281. The Kier molecular flexibility index (Phi) is 4.69. The SMILES string of the molecule is Cn1ccnc1CCNC(=O)CCC(C)(C)N. The van der Waals surface area contributed by atoms with Crippen molar-refractivity contribution >= 4 is 5.91 Å². The smallest absolute Gasteiger partial charge is 0.220 e. The van der Waals surface area contributed by atoms with Crippen LogP contribution in [0.5, 0.6) is 0 Å². The van der Waals surface area contributed by atoms with E-state index in [2.05, 4.69) is 10.3 Å². The summed E-state index contributed by atoms with van der Waals surface area (Å²) < 4.78 is 1.95. The summed E-state index contributed by atoms with van der Waals surface area (Å²) in [6, 6.07) is 0. The average Bonchev–Trinajstić information content (AvgIpc) is 2.61. The molecule has 0 fully saturated rings. The Labute approximate surface area is 102 Å². The molecular formula is C12H22N4O. The predicted molar refractivity (Wildman–Crippen MR) is 67.4 cm³/mol. The van der Waals surface area contributed by atoms with E-state index < -0.39 is 0 Å². The molecule has 1 aromatic rings. The van der Waals surface area contributed by atoms with E-state index >= 15 is 0 Å². The van der Waals surface area contributed by atoms with E-state index in [9.17, 15) is 4.79 Å². The van der Waals surface area contributed by atoms with Gasteiger partial charge in [-0.25, -0.2) is 4.98 Å². The number of aryl methyl sites for hydroxylation is 1. The van der Waals surface area contributed by atoms with Gasteiger partial charge >= 0.3 is 0 Å². The van der Waals surface area contributed by atoms with Gasteiger partial charge < -0.3 is 15.6 Å². The molecule has 0 saturated heterocycles. The van der Waals surface area contributed by atoms with Crippen LogP contribution in [0.25, 0.3) is 0 Å². The van der Waals surface area contributed by atoms with Crippen molar-refractivity contribution in [2.45, 2.75) is 38.6 Å². The zero-order valence-corrected chi connectivity index (χ0v) is 10.9. The average molecular weight is 238 g/mol. The minimum absolute atomic E-state index is 0.0535. The second kappa shape index (κ2) is 5.82. The van der Waals surface area contributed by atoms with E-state index in [1.54, 1.807) is 6.20 Å². The third-order valence-corrected chi connectivity index (χ3v) is 2.59. The molecule has 96 valence electrons. The number of imidazole rings is 1. The van der Waals surface area contributed by atoms with Crippen LogP contribution in [-0.2, 0) is 18.3 Å². The number of nitrogens with zero attached hydrogens (tertiary/aromatic N) is 2. The van der Waals surface area contributed by atoms with Crippen LogP contribution < -0.4 is 11.1 Å². The normalized spacial score (nSPS) is 11.5. The number of nitrogens with one attached hydrogen (secondary N) is 1. The number of hydrogen-bond acceptors (Lipinski definition) is 3. The first-order chi connectivity index (χ1) is 7.88. The van der Waals surface area contributed by atoms with Gasteiger partial charge in [0.25, 0.3) is 0 Å². The van der Waals surface area contributed by atoms with E-state index in [0.29, 0.717) is 19.4 Å². The first-order valence-electron chi connectivity index (χ1n) is 5.90. The van der Waals surface area contributed by atoms with Crippen LogP contribution in [0, 0.1) is 0 Å². The molecule has 0 bridgehead atoms. The van der Waals surface area contributed by atoms with E-state index in [4.69, 9.17) is 5.73 Å². The summed E-state index contributed by atoms with van der Waals surface area (Å²) in [6.45, 7) is 4.47. The van der Waals surface area contributed by atoms with Gasteiger partial charge in [0.2, 0.25) is 5.91 Å². The first-order valence-corrected chi connectivity index (χ1v) is 5.90. The number of rotatable bonds is 6. The molecule has 5 heteroatoms. The fourth-order valence-electron chi connectivity index (χ4n) is 1.48. The second-order valence-electron chi connectivity index (χ2n) is 5.04. The number of nitrogens with two attached hydrogens (primary N) is 1. The Morgan fingerprint density at radius 3 is 2.82 bits per heavy atom. The maximum Gasteiger partial charge on any atom is 0.220 e. The summed E-state index contributed by atoms with van der Waals surface area (Å²) in [5, 5.41) is 2.87. The van der Waals surface area contributed by atoms with Crippen LogP contribution in [0.4, 0.5) is 0 Å². The Bertz CT molecular complexity index is 365. The van der Waals surface area contributed by atoms with Gasteiger partial charge in [-0.2, -0.15) is 0 Å². The molecule has 1 aromatic heterocycles. The highest BCUT2D eigenvalue weighted by Gasteiger charge is 2.12. The molecule has 0 radical (unpaired) electrons. The highest BCUT2D eigenvalue weighted by Crippen LogP contribution is 2.06.